The van der Waals surface area contributed by atoms with Crippen molar-refractivity contribution in [3.63, 3.8) is 0 Å². The molecule has 1 aliphatic heterocycles. The lowest BCUT2D eigenvalue weighted by atomic mass is 10.0. The largest absolute Gasteiger partial charge is 0.347 e. The standard InChI is InChI=1S/C21H37N5O2S/c1-5-24(6-2)11-10-22-20(27)21(28)23-17(4)19(18-9-8-16-29-18)26-14-12-25(7-3)13-15-26/h8-9,16-17,19H,5-7,10-15H2,1-4H3,(H,22,27)(H,23,28)/t17-,19-/m1/s1. The molecule has 7 nitrogen and oxygen atoms in total. The van der Waals surface area contributed by atoms with E-state index in [1.807, 2.05) is 13.0 Å². The van der Waals surface area contributed by atoms with E-state index in [0.29, 0.717) is 6.54 Å². The van der Waals surface area contributed by atoms with Gasteiger partial charge in [0.15, 0.2) is 0 Å². The predicted octanol–water partition coefficient (Wildman–Crippen LogP) is 1.39. The molecule has 2 heterocycles. The topological polar surface area (TPSA) is 67.9 Å². The molecule has 1 aliphatic rings. The highest BCUT2D eigenvalue weighted by molar-refractivity contribution is 7.10. The number of hydrogen-bond donors (Lipinski definition) is 2. The van der Waals surface area contributed by atoms with Crippen molar-refractivity contribution in [1.29, 1.82) is 0 Å². The van der Waals surface area contributed by atoms with Crippen LogP contribution < -0.4 is 10.6 Å². The Labute approximate surface area is 179 Å². The summed E-state index contributed by atoms with van der Waals surface area (Å²) in [5.41, 5.74) is 0. The van der Waals surface area contributed by atoms with Crippen LogP contribution in [-0.2, 0) is 9.59 Å². The summed E-state index contributed by atoms with van der Waals surface area (Å²) in [7, 11) is 0. The number of nitrogens with zero attached hydrogens (tertiary/aromatic N) is 3. The molecule has 0 aliphatic carbocycles. The van der Waals surface area contributed by atoms with Crippen LogP contribution in [0.5, 0.6) is 0 Å². The van der Waals surface area contributed by atoms with E-state index in [-0.39, 0.29) is 12.1 Å². The van der Waals surface area contributed by atoms with Crippen LogP contribution in [0.25, 0.3) is 0 Å². The summed E-state index contributed by atoms with van der Waals surface area (Å²) in [5, 5.41) is 7.76. The Morgan fingerprint density at radius 3 is 2.38 bits per heavy atom. The predicted molar refractivity (Wildman–Crippen MR) is 119 cm³/mol. The molecule has 0 saturated carbocycles. The van der Waals surface area contributed by atoms with Crippen molar-refractivity contribution in [3.8, 4) is 0 Å². The maximum atomic E-state index is 12.5. The normalized spacial score (nSPS) is 17.8. The fourth-order valence-corrected chi connectivity index (χ4v) is 4.82. The highest BCUT2D eigenvalue weighted by Gasteiger charge is 2.31. The average Bonchev–Trinajstić information content (AvgIpc) is 3.26. The molecule has 0 spiro atoms. The molecule has 0 unspecified atom stereocenters. The van der Waals surface area contributed by atoms with Gasteiger partial charge in [-0.3, -0.25) is 14.5 Å². The third kappa shape index (κ3) is 7.06. The van der Waals surface area contributed by atoms with Gasteiger partial charge in [-0.05, 0) is 38.0 Å². The molecule has 29 heavy (non-hydrogen) atoms. The Morgan fingerprint density at radius 1 is 1.14 bits per heavy atom. The number of nitrogens with one attached hydrogen (secondary N) is 2. The summed E-state index contributed by atoms with van der Waals surface area (Å²) in [5.74, 6) is -1.10. The van der Waals surface area contributed by atoms with Crippen LogP contribution in [0.3, 0.4) is 0 Å². The van der Waals surface area contributed by atoms with Crippen molar-refractivity contribution in [1.82, 2.24) is 25.3 Å². The summed E-state index contributed by atoms with van der Waals surface area (Å²) >= 11 is 1.70. The van der Waals surface area contributed by atoms with E-state index in [0.717, 1.165) is 52.4 Å². The van der Waals surface area contributed by atoms with Gasteiger partial charge in [0, 0.05) is 50.2 Å². The monoisotopic (exact) mass is 423 g/mol. The number of hydrogen-bond acceptors (Lipinski definition) is 6. The van der Waals surface area contributed by atoms with Crippen molar-refractivity contribution >= 4 is 23.2 Å². The van der Waals surface area contributed by atoms with Crippen LogP contribution in [0.4, 0.5) is 0 Å². The summed E-state index contributed by atoms with van der Waals surface area (Å²) < 4.78 is 0. The van der Waals surface area contributed by atoms with E-state index < -0.39 is 11.8 Å². The molecule has 2 amide bonds. The van der Waals surface area contributed by atoms with Crippen LogP contribution in [0.15, 0.2) is 17.5 Å². The van der Waals surface area contributed by atoms with E-state index >= 15 is 0 Å². The first-order chi connectivity index (χ1) is 14.0. The quantitative estimate of drug-likeness (QED) is 0.557. The second-order valence-corrected chi connectivity index (χ2v) is 8.45. The second kappa shape index (κ2) is 12.3. The number of carbonyl (C=O) groups excluding carboxylic acids is 2. The molecule has 8 heteroatoms. The third-order valence-electron chi connectivity index (χ3n) is 5.73. The van der Waals surface area contributed by atoms with Crippen molar-refractivity contribution in [2.45, 2.75) is 39.8 Å². The number of rotatable bonds is 10. The van der Waals surface area contributed by atoms with Crippen LogP contribution in [0, 0.1) is 0 Å². The zero-order chi connectivity index (χ0) is 21.2. The van der Waals surface area contributed by atoms with E-state index in [2.05, 4.69) is 57.6 Å². The summed E-state index contributed by atoms with van der Waals surface area (Å²) in [6, 6.07) is 4.10. The van der Waals surface area contributed by atoms with Gasteiger partial charge in [-0.1, -0.05) is 26.8 Å². The number of amides is 2. The Hall–Kier alpha value is -1.48. The van der Waals surface area contributed by atoms with Gasteiger partial charge in [-0.25, -0.2) is 0 Å². The molecule has 2 N–H and O–H groups in total. The number of piperazine rings is 1. The molecule has 0 radical (unpaired) electrons. The van der Waals surface area contributed by atoms with Gasteiger partial charge >= 0.3 is 11.8 Å². The molecular formula is C21H37N5O2S. The second-order valence-electron chi connectivity index (χ2n) is 7.48. The third-order valence-corrected chi connectivity index (χ3v) is 6.67. The fraction of sp³-hybridized carbons (Fsp3) is 0.714. The van der Waals surface area contributed by atoms with E-state index in [9.17, 15) is 9.59 Å². The lowest BCUT2D eigenvalue weighted by molar-refractivity contribution is -0.139. The minimum absolute atomic E-state index is 0.0847. The first-order valence-electron chi connectivity index (χ1n) is 10.8. The van der Waals surface area contributed by atoms with Crippen LogP contribution >= 0.6 is 11.3 Å². The SMILES string of the molecule is CCN(CC)CCNC(=O)C(=O)N[C@H](C)[C@H](c1cccs1)N1CCN(CC)CC1. The molecular weight excluding hydrogens is 386 g/mol. The van der Waals surface area contributed by atoms with Crippen LogP contribution in [-0.4, -0.2) is 91.5 Å². The first-order valence-corrected chi connectivity index (χ1v) is 11.7. The lowest BCUT2D eigenvalue weighted by Crippen LogP contribution is -2.53. The smallest absolute Gasteiger partial charge is 0.309 e. The zero-order valence-corrected chi connectivity index (χ0v) is 19.1. The highest BCUT2D eigenvalue weighted by Crippen LogP contribution is 2.29. The highest BCUT2D eigenvalue weighted by atomic mass is 32.1. The van der Waals surface area contributed by atoms with Gasteiger partial charge in [0.05, 0.1) is 6.04 Å². The van der Waals surface area contributed by atoms with Crippen LogP contribution in [0.2, 0.25) is 0 Å². The molecule has 164 valence electrons. The van der Waals surface area contributed by atoms with Crippen molar-refractivity contribution in [2.75, 3.05) is 58.9 Å². The summed E-state index contributed by atoms with van der Waals surface area (Å²) in [6.45, 7) is 16.5. The maximum Gasteiger partial charge on any atom is 0.309 e. The molecule has 1 aromatic rings. The van der Waals surface area contributed by atoms with Crippen molar-refractivity contribution in [2.24, 2.45) is 0 Å². The first kappa shape index (κ1) is 23.8. The minimum Gasteiger partial charge on any atom is -0.347 e. The lowest BCUT2D eigenvalue weighted by Gasteiger charge is -2.41. The Balaban J connectivity index is 1.92. The number of carbonyl (C=O) groups is 2. The van der Waals surface area contributed by atoms with Gasteiger partial charge in [0.25, 0.3) is 0 Å². The molecule has 2 atom stereocenters. The Morgan fingerprint density at radius 2 is 1.83 bits per heavy atom. The molecule has 1 aromatic heterocycles. The van der Waals surface area contributed by atoms with E-state index in [1.54, 1.807) is 11.3 Å². The zero-order valence-electron chi connectivity index (χ0n) is 18.3. The van der Waals surface area contributed by atoms with Crippen LogP contribution in [0.1, 0.15) is 38.6 Å². The fourth-order valence-electron chi connectivity index (χ4n) is 3.86. The Bertz CT molecular complexity index is 613. The maximum absolute atomic E-state index is 12.5. The number of likely N-dealkylation sites (N-methyl/N-ethyl adjacent to an activating group) is 2. The van der Waals surface area contributed by atoms with Gasteiger partial charge in [-0.15, -0.1) is 11.3 Å². The molecule has 1 saturated heterocycles. The summed E-state index contributed by atoms with van der Waals surface area (Å²) in [6.07, 6.45) is 0. The minimum atomic E-state index is -0.551. The molecule has 2 rings (SSSR count). The average molecular weight is 424 g/mol. The van der Waals surface area contributed by atoms with Crippen molar-refractivity contribution < 1.29 is 9.59 Å². The molecule has 0 aromatic carbocycles. The van der Waals surface area contributed by atoms with Crippen molar-refractivity contribution in [3.05, 3.63) is 22.4 Å². The van der Waals surface area contributed by atoms with Gasteiger partial charge in [0.1, 0.15) is 0 Å². The molecule has 1 fully saturated rings. The van der Waals surface area contributed by atoms with Gasteiger partial charge < -0.3 is 20.4 Å². The van der Waals surface area contributed by atoms with Gasteiger partial charge in [0.2, 0.25) is 0 Å². The van der Waals surface area contributed by atoms with Gasteiger partial charge in [-0.2, -0.15) is 0 Å². The van der Waals surface area contributed by atoms with E-state index in [4.69, 9.17) is 0 Å². The molecule has 0 bridgehead atoms. The van der Waals surface area contributed by atoms with E-state index in [1.165, 1.54) is 4.88 Å². The number of thiophene rings is 1. The Kier molecular flexibility index (Phi) is 10.1. The summed E-state index contributed by atoms with van der Waals surface area (Å²) in [4.78, 5) is 33.0.